The molecule has 2 aliphatic carbocycles. The molecule has 0 atom stereocenters. The molecule has 2 heterocycles. The van der Waals surface area contributed by atoms with E-state index in [4.69, 9.17) is 9.97 Å². The first-order valence-electron chi connectivity index (χ1n) is 10.7. The minimum Gasteiger partial charge on any atom is -0.353 e. The van der Waals surface area contributed by atoms with E-state index in [1.54, 1.807) is 6.07 Å². The zero-order valence-electron chi connectivity index (χ0n) is 16.9. The number of aryl methyl sites for hydroxylation is 1. The molecular weight excluding hydrogens is 367 g/mol. The summed E-state index contributed by atoms with van der Waals surface area (Å²) in [5.41, 5.74) is 2.61. The molecule has 3 aliphatic rings. The fourth-order valence-corrected chi connectivity index (χ4v) is 4.15. The monoisotopic (exact) mass is 394 g/mol. The van der Waals surface area contributed by atoms with Crippen molar-refractivity contribution in [2.45, 2.75) is 44.9 Å². The minimum atomic E-state index is -0.191. The largest absolute Gasteiger partial charge is 0.353 e. The van der Waals surface area contributed by atoms with Crippen LogP contribution in [0.5, 0.6) is 0 Å². The summed E-state index contributed by atoms with van der Waals surface area (Å²) in [7, 11) is 0. The van der Waals surface area contributed by atoms with Gasteiger partial charge in [0.05, 0.1) is 0 Å². The Hall–Kier alpha value is -2.50. The second-order valence-corrected chi connectivity index (χ2v) is 8.60. The maximum atomic E-state index is 14.3. The molecule has 0 radical (unpaired) electrons. The molecule has 1 amide bonds. The molecular formula is C23H27FN4O. The maximum Gasteiger partial charge on any atom is 0.225 e. The van der Waals surface area contributed by atoms with Gasteiger partial charge >= 0.3 is 0 Å². The van der Waals surface area contributed by atoms with Gasteiger partial charge in [-0.05, 0) is 44.2 Å². The van der Waals surface area contributed by atoms with Crippen LogP contribution in [0.3, 0.4) is 0 Å². The predicted octanol–water partition coefficient (Wildman–Crippen LogP) is 3.45. The van der Waals surface area contributed by atoms with Gasteiger partial charge in [-0.25, -0.2) is 14.4 Å². The fraction of sp³-hybridized carbons (Fsp3) is 0.522. The summed E-state index contributed by atoms with van der Waals surface area (Å²) in [5, 5.41) is 0. The van der Waals surface area contributed by atoms with Crippen LogP contribution in [0.1, 0.15) is 54.2 Å². The SMILES string of the molecule is Cc1nc(C2CC2)nc(N2CCN(C(=O)C3CC3)CC2)c1Cc1ccccc1F. The smallest absolute Gasteiger partial charge is 0.225 e. The lowest BCUT2D eigenvalue weighted by atomic mass is 10.0. The van der Waals surface area contributed by atoms with Gasteiger partial charge in [-0.1, -0.05) is 18.2 Å². The number of carbonyl (C=O) groups excluding carboxylic acids is 1. The number of hydrogen-bond donors (Lipinski definition) is 0. The topological polar surface area (TPSA) is 49.3 Å². The van der Waals surface area contributed by atoms with Gasteiger partial charge in [0.2, 0.25) is 5.91 Å². The van der Waals surface area contributed by atoms with Crippen molar-refractivity contribution in [1.29, 1.82) is 0 Å². The number of amides is 1. The average Bonchev–Trinajstić information content (AvgIpc) is 3.63. The van der Waals surface area contributed by atoms with E-state index in [2.05, 4.69) is 4.90 Å². The molecule has 5 nitrogen and oxygen atoms in total. The quantitative estimate of drug-likeness (QED) is 0.779. The van der Waals surface area contributed by atoms with Gasteiger partial charge in [0, 0.05) is 55.7 Å². The lowest BCUT2D eigenvalue weighted by Gasteiger charge is -2.36. The summed E-state index contributed by atoms with van der Waals surface area (Å²) >= 11 is 0. The van der Waals surface area contributed by atoms with E-state index in [0.29, 0.717) is 23.8 Å². The second-order valence-electron chi connectivity index (χ2n) is 8.60. The normalized spacial score (nSPS) is 19.5. The van der Waals surface area contributed by atoms with E-state index >= 15 is 0 Å². The van der Waals surface area contributed by atoms with Crippen molar-refractivity contribution >= 4 is 11.7 Å². The van der Waals surface area contributed by atoms with Crippen molar-refractivity contribution in [2.24, 2.45) is 5.92 Å². The van der Waals surface area contributed by atoms with E-state index in [1.807, 2.05) is 24.0 Å². The first-order valence-corrected chi connectivity index (χ1v) is 10.7. The van der Waals surface area contributed by atoms with Gasteiger partial charge in [0.25, 0.3) is 0 Å². The van der Waals surface area contributed by atoms with Gasteiger partial charge in [-0.3, -0.25) is 4.79 Å². The Labute approximate surface area is 171 Å². The molecule has 0 unspecified atom stereocenters. The number of aromatic nitrogens is 2. The molecule has 2 saturated carbocycles. The summed E-state index contributed by atoms with van der Waals surface area (Å²) in [5.74, 6) is 2.71. The van der Waals surface area contributed by atoms with Gasteiger partial charge in [0.1, 0.15) is 17.5 Å². The summed E-state index contributed by atoms with van der Waals surface area (Å²) in [4.78, 5) is 26.4. The lowest BCUT2D eigenvalue weighted by molar-refractivity contribution is -0.132. The Morgan fingerprint density at radius 1 is 1.07 bits per heavy atom. The number of rotatable bonds is 5. The number of carbonyl (C=O) groups is 1. The van der Waals surface area contributed by atoms with Crippen LogP contribution < -0.4 is 4.90 Å². The summed E-state index contributed by atoms with van der Waals surface area (Å²) in [6.07, 6.45) is 4.87. The highest BCUT2D eigenvalue weighted by Gasteiger charge is 2.35. The molecule has 0 N–H and O–H groups in total. The van der Waals surface area contributed by atoms with E-state index in [1.165, 1.54) is 6.07 Å². The van der Waals surface area contributed by atoms with Crippen LogP contribution in [0.2, 0.25) is 0 Å². The van der Waals surface area contributed by atoms with Gasteiger partial charge in [-0.2, -0.15) is 0 Å². The fourth-order valence-electron chi connectivity index (χ4n) is 4.15. The van der Waals surface area contributed by atoms with Crippen molar-refractivity contribution in [3.8, 4) is 0 Å². The predicted molar refractivity (Wildman–Crippen MR) is 109 cm³/mol. The first-order chi connectivity index (χ1) is 14.1. The zero-order valence-corrected chi connectivity index (χ0v) is 16.9. The minimum absolute atomic E-state index is 0.191. The van der Waals surface area contributed by atoms with Crippen molar-refractivity contribution in [3.05, 3.63) is 52.7 Å². The van der Waals surface area contributed by atoms with Crippen LogP contribution in [0.4, 0.5) is 10.2 Å². The third-order valence-electron chi connectivity index (χ3n) is 6.29. The molecule has 5 rings (SSSR count). The van der Waals surface area contributed by atoms with Crippen molar-refractivity contribution in [3.63, 3.8) is 0 Å². The molecule has 0 spiro atoms. The average molecular weight is 394 g/mol. The van der Waals surface area contributed by atoms with E-state index in [9.17, 15) is 9.18 Å². The third kappa shape index (κ3) is 3.85. The summed E-state index contributed by atoms with van der Waals surface area (Å²) in [6, 6.07) is 6.93. The van der Waals surface area contributed by atoms with Crippen LogP contribution in [-0.4, -0.2) is 47.0 Å². The van der Waals surface area contributed by atoms with Crippen molar-refractivity contribution < 1.29 is 9.18 Å². The number of halogens is 1. The Morgan fingerprint density at radius 3 is 2.45 bits per heavy atom. The van der Waals surface area contributed by atoms with Gasteiger partial charge in [0.15, 0.2) is 0 Å². The van der Waals surface area contributed by atoms with Crippen LogP contribution in [0.25, 0.3) is 0 Å². The van der Waals surface area contributed by atoms with E-state index in [-0.39, 0.29) is 11.7 Å². The lowest BCUT2D eigenvalue weighted by Crippen LogP contribution is -2.49. The van der Waals surface area contributed by atoms with Crippen LogP contribution in [-0.2, 0) is 11.2 Å². The van der Waals surface area contributed by atoms with E-state index < -0.39 is 0 Å². The van der Waals surface area contributed by atoms with E-state index in [0.717, 1.165) is 74.8 Å². The Bertz CT molecular complexity index is 930. The van der Waals surface area contributed by atoms with Gasteiger partial charge in [-0.15, -0.1) is 0 Å². The molecule has 6 heteroatoms. The molecule has 29 heavy (non-hydrogen) atoms. The first kappa shape index (κ1) is 18.5. The van der Waals surface area contributed by atoms with Crippen molar-refractivity contribution in [1.82, 2.24) is 14.9 Å². The Morgan fingerprint density at radius 2 is 1.79 bits per heavy atom. The van der Waals surface area contributed by atoms with Gasteiger partial charge < -0.3 is 9.80 Å². The Balaban J connectivity index is 1.42. The Kier molecular flexibility index (Phi) is 4.72. The highest BCUT2D eigenvalue weighted by molar-refractivity contribution is 5.81. The third-order valence-corrected chi connectivity index (χ3v) is 6.29. The number of nitrogens with zero attached hydrogens (tertiary/aromatic N) is 4. The number of hydrogen-bond acceptors (Lipinski definition) is 4. The molecule has 1 aromatic heterocycles. The second kappa shape index (κ2) is 7.39. The molecule has 1 aliphatic heterocycles. The molecule has 1 saturated heterocycles. The van der Waals surface area contributed by atoms with Crippen LogP contribution in [0.15, 0.2) is 24.3 Å². The maximum absolute atomic E-state index is 14.3. The zero-order chi connectivity index (χ0) is 20.0. The number of anilines is 1. The summed E-state index contributed by atoms with van der Waals surface area (Å²) in [6.45, 7) is 5.01. The standard InChI is InChI=1S/C23H27FN4O/c1-15-19(14-18-4-2-3-5-20(18)24)22(26-21(25-15)16-6-7-16)27-10-12-28(13-11-27)23(29)17-8-9-17/h2-5,16-17H,6-14H2,1H3. The molecule has 152 valence electrons. The molecule has 3 fully saturated rings. The highest BCUT2D eigenvalue weighted by atomic mass is 19.1. The number of piperazine rings is 1. The number of benzene rings is 1. The highest BCUT2D eigenvalue weighted by Crippen LogP contribution is 2.40. The van der Waals surface area contributed by atoms with Crippen LogP contribution in [0, 0.1) is 18.7 Å². The molecule has 1 aromatic carbocycles. The molecule has 2 aromatic rings. The van der Waals surface area contributed by atoms with Crippen molar-refractivity contribution in [2.75, 3.05) is 31.1 Å². The summed E-state index contributed by atoms with van der Waals surface area (Å²) < 4.78 is 14.3. The molecule has 0 bridgehead atoms. The van der Waals surface area contributed by atoms with Crippen LogP contribution >= 0.6 is 0 Å².